The van der Waals surface area contributed by atoms with Gasteiger partial charge in [-0.3, -0.25) is 4.79 Å². The van der Waals surface area contributed by atoms with Crippen molar-refractivity contribution in [2.45, 2.75) is 26.4 Å². The van der Waals surface area contributed by atoms with Gasteiger partial charge in [0.05, 0.1) is 5.69 Å². The molecular formula is C13H18N2O2. The van der Waals surface area contributed by atoms with Crippen molar-refractivity contribution < 1.29 is 9.53 Å². The minimum absolute atomic E-state index is 0.0170. The number of benzene rings is 1. The summed E-state index contributed by atoms with van der Waals surface area (Å²) in [5.41, 5.74) is 8.48. The number of fused-ring (bicyclic) bond motifs is 1. The number of hydrogen-bond acceptors (Lipinski definition) is 3. The molecule has 0 bridgehead atoms. The quantitative estimate of drug-likeness (QED) is 0.841. The molecule has 0 spiro atoms. The molecule has 4 nitrogen and oxygen atoms in total. The maximum atomic E-state index is 12.1. The standard InChI is InChI=1S/C13H18N2O2/c1-8-4-5-9(2)12-11(8)15(3)13(16)10(17-12)6-7-14/h4-5,10H,6-7,14H2,1-3H3. The summed E-state index contributed by atoms with van der Waals surface area (Å²) >= 11 is 0. The highest BCUT2D eigenvalue weighted by molar-refractivity contribution is 6.00. The minimum atomic E-state index is -0.446. The molecule has 2 rings (SSSR count). The van der Waals surface area contributed by atoms with Gasteiger partial charge in [-0.15, -0.1) is 0 Å². The Morgan fingerprint density at radius 2 is 2.00 bits per heavy atom. The molecule has 17 heavy (non-hydrogen) atoms. The van der Waals surface area contributed by atoms with E-state index in [1.54, 1.807) is 11.9 Å². The maximum Gasteiger partial charge on any atom is 0.267 e. The van der Waals surface area contributed by atoms with Crippen molar-refractivity contribution in [3.8, 4) is 5.75 Å². The van der Waals surface area contributed by atoms with E-state index < -0.39 is 6.10 Å². The number of amides is 1. The molecule has 0 saturated heterocycles. The van der Waals surface area contributed by atoms with E-state index in [0.29, 0.717) is 13.0 Å². The molecule has 1 aromatic rings. The topological polar surface area (TPSA) is 55.6 Å². The summed E-state index contributed by atoms with van der Waals surface area (Å²) in [6.07, 6.45) is 0.105. The normalized spacial score (nSPS) is 18.9. The van der Waals surface area contributed by atoms with Crippen LogP contribution in [-0.2, 0) is 4.79 Å². The highest BCUT2D eigenvalue weighted by atomic mass is 16.5. The van der Waals surface area contributed by atoms with E-state index in [9.17, 15) is 4.79 Å². The van der Waals surface area contributed by atoms with E-state index in [2.05, 4.69) is 0 Å². The molecule has 0 aromatic heterocycles. The molecular weight excluding hydrogens is 216 g/mol. The van der Waals surface area contributed by atoms with Crippen LogP contribution in [0.25, 0.3) is 0 Å². The molecule has 92 valence electrons. The maximum absolute atomic E-state index is 12.1. The van der Waals surface area contributed by atoms with Crippen LogP contribution >= 0.6 is 0 Å². The molecule has 1 unspecified atom stereocenters. The molecule has 1 aromatic carbocycles. The van der Waals surface area contributed by atoms with Crippen molar-refractivity contribution in [3.63, 3.8) is 0 Å². The monoisotopic (exact) mass is 234 g/mol. The van der Waals surface area contributed by atoms with Gasteiger partial charge in [-0.2, -0.15) is 0 Å². The van der Waals surface area contributed by atoms with Crippen LogP contribution in [0.15, 0.2) is 12.1 Å². The number of hydrogen-bond donors (Lipinski definition) is 1. The van der Waals surface area contributed by atoms with Crippen molar-refractivity contribution in [3.05, 3.63) is 23.3 Å². The largest absolute Gasteiger partial charge is 0.478 e. The SMILES string of the molecule is Cc1ccc(C)c2c1OC(CCN)C(=O)N2C. The van der Waals surface area contributed by atoms with E-state index in [-0.39, 0.29) is 5.91 Å². The number of likely N-dealkylation sites (N-methyl/N-ethyl adjacent to an activating group) is 1. The zero-order valence-electron chi connectivity index (χ0n) is 10.5. The van der Waals surface area contributed by atoms with Gasteiger partial charge in [-0.1, -0.05) is 12.1 Å². The van der Waals surface area contributed by atoms with Gasteiger partial charge in [0.15, 0.2) is 6.10 Å². The third kappa shape index (κ3) is 1.89. The van der Waals surface area contributed by atoms with Crippen molar-refractivity contribution in [2.75, 3.05) is 18.5 Å². The van der Waals surface area contributed by atoms with Crippen molar-refractivity contribution >= 4 is 11.6 Å². The predicted molar refractivity (Wildman–Crippen MR) is 67.4 cm³/mol. The van der Waals surface area contributed by atoms with Crippen LogP contribution in [0.3, 0.4) is 0 Å². The lowest BCUT2D eigenvalue weighted by molar-refractivity contribution is -0.126. The molecule has 0 radical (unpaired) electrons. The Morgan fingerprint density at radius 1 is 1.35 bits per heavy atom. The number of carbonyl (C=O) groups excluding carboxylic acids is 1. The second-order valence-electron chi connectivity index (χ2n) is 4.46. The van der Waals surface area contributed by atoms with Crippen molar-refractivity contribution in [1.29, 1.82) is 0 Å². The number of rotatable bonds is 2. The molecule has 1 aliphatic heterocycles. The Balaban J connectivity index is 2.48. The number of anilines is 1. The van der Waals surface area contributed by atoms with Gasteiger partial charge < -0.3 is 15.4 Å². The first-order valence-electron chi connectivity index (χ1n) is 5.80. The summed E-state index contributed by atoms with van der Waals surface area (Å²) in [7, 11) is 1.79. The molecule has 1 amide bonds. The summed E-state index contributed by atoms with van der Waals surface area (Å²) in [4.78, 5) is 13.8. The molecule has 0 fully saturated rings. The third-order valence-corrected chi connectivity index (χ3v) is 3.16. The lowest BCUT2D eigenvalue weighted by Crippen LogP contribution is -2.45. The van der Waals surface area contributed by atoms with Crippen LogP contribution < -0.4 is 15.4 Å². The summed E-state index contributed by atoms with van der Waals surface area (Å²) in [6.45, 7) is 4.42. The van der Waals surface area contributed by atoms with Gasteiger partial charge in [0.1, 0.15) is 5.75 Å². The van der Waals surface area contributed by atoms with Crippen LogP contribution in [0.4, 0.5) is 5.69 Å². The lowest BCUT2D eigenvalue weighted by atomic mass is 10.0. The Labute approximate surface area is 101 Å². The Morgan fingerprint density at radius 3 is 2.65 bits per heavy atom. The third-order valence-electron chi connectivity index (χ3n) is 3.16. The number of aryl methyl sites for hydroxylation is 2. The van der Waals surface area contributed by atoms with E-state index in [1.807, 2.05) is 26.0 Å². The van der Waals surface area contributed by atoms with Crippen molar-refractivity contribution in [2.24, 2.45) is 5.73 Å². The summed E-state index contributed by atoms with van der Waals surface area (Å²) in [6, 6.07) is 4.02. The molecule has 1 atom stereocenters. The van der Waals surface area contributed by atoms with Gasteiger partial charge in [0.2, 0.25) is 0 Å². The lowest BCUT2D eigenvalue weighted by Gasteiger charge is -2.34. The first-order chi connectivity index (χ1) is 8.06. The zero-order chi connectivity index (χ0) is 12.6. The van der Waals surface area contributed by atoms with Crippen LogP contribution in [0.5, 0.6) is 5.75 Å². The number of carbonyl (C=O) groups is 1. The van der Waals surface area contributed by atoms with Crippen LogP contribution in [0, 0.1) is 13.8 Å². The predicted octanol–water partition coefficient (Wildman–Crippen LogP) is 1.38. The van der Waals surface area contributed by atoms with Crippen LogP contribution in [0.1, 0.15) is 17.5 Å². The Hall–Kier alpha value is -1.55. The van der Waals surface area contributed by atoms with Crippen molar-refractivity contribution in [1.82, 2.24) is 0 Å². The van der Waals surface area contributed by atoms with Crippen LogP contribution in [0.2, 0.25) is 0 Å². The number of ether oxygens (including phenoxy) is 1. The smallest absolute Gasteiger partial charge is 0.267 e. The van der Waals surface area contributed by atoms with Crippen LogP contribution in [-0.4, -0.2) is 25.6 Å². The second-order valence-corrected chi connectivity index (χ2v) is 4.46. The first kappa shape index (κ1) is 11.9. The molecule has 0 aliphatic carbocycles. The molecule has 2 N–H and O–H groups in total. The van der Waals surface area contributed by atoms with E-state index in [1.165, 1.54) is 0 Å². The highest BCUT2D eigenvalue weighted by Gasteiger charge is 2.33. The fourth-order valence-corrected chi connectivity index (χ4v) is 2.19. The highest BCUT2D eigenvalue weighted by Crippen LogP contribution is 2.39. The van der Waals surface area contributed by atoms with Gasteiger partial charge in [0.25, 0.3) is 5.91 Å². The van der Waals surface area contributed by atoms with E-state index in [0.717, 1.165) is 22.6 Å². The first-order valence-corrected chi connectivity index (χ1v) is 5.80. The fraction of sp³-hybridized carbons (Fsp3) is 0.462. The Kier molecular flexibility index (Phi) is 3.07. The average Bonchev–Trinajstić information content (AvgIpc) is 2.30. The molecule has 0 saturated carbocycles. The second kappa shape index (κ2) is 4.37. The molecule has 4 heteroatoms. The summed E-state index contributed by atoms with van der Waals surface area (Å²) in [5, 5.41) is 0. The van der Waals surface area contributed by atoms with E-state index >= 15 is 0 Å². The van der Waals surface area contributed by atoms with Gasteiger partial charge in [0, 0.05) is 13.5 Å². The Bertz CT molecular complexity index is 457. The fourth-order valence-electron chi connectivity index (χ4n) is 2.19. The van der Waals surface area contributed by atoms with Gasteiger partial charge in [-0.05, 0) is 31.5 Å². The van der Waals surface area contributed by atoms with Gasteiger partial charge >= 0.3 is 0 Å². The summed E-state index contributed by atoms with van der Waals surface area (Å²) in [5.74, 6) is 0.794. The van der Waals surface area contributed by atoms with E-state index in [4.69, 9.17) is 10.5 Å². The number of nitrogens with zero attached hydrogens (tertiary/aromatic N) is 1. The average molecular weight is 234 g/mol. The summed E-state index contributed by atoms with van der Waals surface area (Å²) < 4.78 is 5.80. The zero-order valence-corrected chi connectivity index (χ0v) is 10.5. The number of nitrogens with two attached hydrogens (primary N) is 1. The molecule has 1 aliphatic rings. The van der Waals surface area contributed by atoms with Gasteiger partial charge in [-0.25, -0.2) is 0 Å². The minimum Gasteiger partial charge on any atom is -0.478 e. The molecule has 1 heterocycles.